The highest BCUT2D eigenvalue weighted by atomic mass is 16.5. The van der Waals surface area contributed by atoms with Crippen molar-refractivity contribution in [2.45, 2.75) is 18.4 Å². The maximum absolute atomic E-state index is 11.4. The first-order valence-corrected chi connectivity index (χ1v) is 4.05. The Bertz CT molecular complexity index is 180. The Morgan fingerprint density at radius 2 is 2.17 bits per heavy atom. The van der Waals surface area contributed by atoms with E-state index in [4.69, 9.17) is 9.47 Å². The zero-order valence-corrected chi connectivity index (χ0v) is 7.34. The summed E-state index contributed by atoms with van der Waals surface area (Å²) < 4.78 is 10.4. The second-order valence-corrected chi connectivity index (χ2v) is 2.88. The van der Waals surface area contributed by atoms with Gasteiger partial charge in [0.1, 0.15) is 5.60 Å². The molecule has 1 fully saturated rings. The Labute approximate surface area is 72.4 Å². The first-order chi connectivity index (χ1) is 5.75. The van der Waals surface area contributed by atoms with Gasteiger partial charge in [-0.25, -0.2) is 0 Å². The van der Waals surface area contributed by atoms with Gasteiger partial charge in [0.25, 0.3) is 0 Å². The summed E-state index contributed by atoms with van der Waals surface area (Å²) in [6.45, 7) is 4.64. The molecule has 1 aliphatic heterocycles. The molecule has 1 saturated heterocycles. The van der Waals surface area contributed by atoms with Crippen LogP contribution in [-0.4, -0.2) is 31.7 Å². The van der Waals surface area contributed by atoms with Gasteiger partial charge >= 0.3 is 0 Å². The van der Waals surface area contributed by atoms with Crippen molar-refractivity contribution in [1.82, 2.24) is 0 Å². The Morgan fingerprint density at radius 3 is 2.58 bits per heavy atom. The predicted octanol–water partition coefficient (Wildman–Crippen LogP) is 0.937. The molecule has 0 spiro atoms. The Hall–Kier alpha value is -0.670. The molecular weight excluding hydrogens is 156 g/mol. The van der Waals surface area contributed by atoms with Crippen molar-refractivity contribution in [1.29, 1.82) is 0 Å². The molecule has 0 aromatic heterocycles. The molecule has 0 radical (unpaired) electrons. The number of carbonyl (C=O) groups is 1. The number of methoxy groups -OCH3 is 1. The minimum Gasteiger partial charge on any atom is -0.381 e. The highest BCUT2D eigenvalue weighted by Gasteiger charge is 2.38. The lowest BCUT2D eigenvalue weighted by Crippen LogP contribution is -2.44. The number of hydrogen-bond acceptors (Lipinski definition) is 3. The van der Waals surface area contributed by atoms with Crippen LogP contribution in [0.1, 0.15) is 12.8 Å². The molecule has 0 saturated carbocycles. The van der Waals surface area contributed by atoms with Crippen LogP contribution in [0, 0.1) is 0 Å². The number of ketones is 1. The standard InChI is InChI=1S/C9H14O3/c1-3-8(10)9(11-2)4-6-12-7-5-9/h3H,1,4-7H2,2H3. The van der Waals surface area contributed by atoms with E-state index in [-0.39, 0.29) is 5.78 Å². The van der Waals surface area contributed by atoms with Crippen molar-refractivity contribution < 1.29 is 14.3 Å². The smallest absolute Gasteiger partial charge is 0.187 e. The molecule has 0 bridgehead atoms. The first-order valence-electron chi connectivity index (χ1n) is 4.05. The summed E-state index contributed by atoms with van der Waals surface area (Å²) in [6, 6.07) is 0. The molecule has 0 aromatic rings. The van der Waals surface area contributed by atoms with E-state index in [1.807, 2.05) is 0 Å². The van der Waals surface area contributed by atoms with Crippen molar-refractivity contribution in [3.8, 4) is 0 Å². The van der Waals surface area contributed by atoms with E-state index in [1.54, 1.807) is 7.11 Å². The lowest BCUT2D eigenvalue weighted by Gasteiger charge is -2.33. The summed E-state index contributed by atoms with van der Waals surface area (Å²) in [6.07, 6.45) is 2.59. The van der Waals surface area contributed by atoms with Gasteiger partial charge in [-0.1, -0.05) is 6.58 Å². The number of hydrogen-bond donors (Lipinski definition) is 0. The second-order valence-electron chi connectivity index (χ2n) is 2.88. The molecule has 12 heavy (non-hydrogen) atoms. The van der Waals surface area contributed by atoms with Crippen LogP contribution in [0.15, 0.2) is 12.7 Å². The van der Waals surface area contributed by atoms with Gasteiger partial charge in [-0.15, -0.1) is 0 Å². The molecule has 0 unspecified atom stereocenters. The van der Waals surface area contributed by atoms with E-state index in [0.717, 1.165) is 0 Å². The maximum Gasteiger partial charge on any atom is 0.187 e. The average molecular weight is 170 g/mol. The summed E-state index contributed by atoms with van der Waals surface area (Å²) in [4.78, 5) is 11.4. The number of ether oxygens (including phenoxy) is 2. The van der Waals surface area contributed by atoms with E-state index in [1.165, 1.54) is 6.08 Å². The van der Waals surface area contributed by atoms with Crippen molar-refractivity contribution in [2.24, 2.45) is 0 Å². The van der Waals surface area contributed by atoms with Crippen LogP contribution in [0.5, 0.6) is 0 Å². The Kier molecular flexibility index (Phi) is 3.00. The van der Waals surface area contributed by atoms with Crippen LogP contribution in [0.25, 0.3) is 0 Å². The van der Waals surface area contributed by atoms with E-state index in [9.17, 15) is 4.79 Å². The third-order valence-electron chi connectivity index (χ3n) is 2.33. The monoisotopic (exact) mass is 170 g/mol. The number of rotatable bonds is 3. The maximum atomic E-state index is 11.4. The Balaban J connectivity index is 2.72. The van der Waals surface area contributed by atoms with Crippen LogP contribution in [0.2, 0.25) is 0 Å². The topological polar surface area (TPSA) is 35.5 Å². The van der Waals surface area contributed by atoms with E-state index < -0.39 is 5.60 Å². The molecule has 1 rings (SSSR count). The summed E-state index contributed by atoms with van der Waals surface area (Å²) >= 11 is 0. The second kappa shape index (κ2) is 3.83. The molecule has 0 aromatic carbocycles. The largest absolute Gasteiger partial charge is 0.381 e. The summed E-state index contributed by atoms with van der Waals surface area (Å²) in [5, 5.41) is 0. The van der Waals surface area contributed by atoms with Crippen molar-refractivity contribution in [3.63, 3.8) is 0 Å². The van der Waals surface area contributed by atoms with Gasteiger partial charge in [0.05, 0.1) is 0 Å². The lowest BCUT2D eigenvalue weighted by molar-refractivity contribution is -0.147. The molecule has 0 N–H and O–H groups in total. The van der Waals surface area contributed by atoms with Gasteiger partial charge in [0.15, 0.2) is 5.78 Å². The zero-order valence-electron chi connectivity index (χ0n) is 7.34. The molecule has 3 nitrogen and oxygen atoms in total. The first kappa shape index (κ1) is 9.42. The van der Waals surface area contributed by atoms with Crippen LogP contribution in [-0.2, 0) is 14.3 Å². The van der Waals surface area contributed by atoms with E-state index >= 15 is 0 Å². The summed E-state index contributed by atoms with van der Waals surface area (Å²) in [7, 11) is 1.56. The molecule has 0 amide bonds. The minimum atomic E-state index is -0.653. The predicted molar refractivity (Wildman–Crippen MR) is 45.0 cm³/mol. The fraction of sp³-hybridized carbons (Fsp3) is 0.667. The van der Waals surface area contributed by atoms with E-state index in [2.05, 4.69) is 6.58 Å². The van der Waals surface area contributed by atoms with Crippen molar-refractivity contribution in [3.05, 3.63) is 12.7 Å². The minimum absolute atomic E-state index is 0.0340. The molecule has 1 aliphatic rings. The zero-order chi connectivity index (χ0) is 9.03. The SMILES string of the molecule is C=CC(=O)C1(OC)CCOCC1. The molecule has 1 heterocycles. The molecule has 0 atom stereocenters. The highest BCUT2D eigenvalue weighted by molar-refractivity contribution is 5.96. The van der Waals surface area contributed by atoms with Gasteiger partial charge in [0, 0.05) is 33.2 Å². The lowest BCUT2D eigenvalue weighted by atomic mass is 9.89. The van der Waals surface area contributed by atoms with Gasteiger partial charge in [-0.3, -0.25) is 4.79 Å². The Morgan fingerprint density at radius 1 is 1.58 bits per heavy atom. The summed E-state index contributed by atoms with van der Waals surface area (Å²) in [5.41, 5.74) is -0.653. The molecular formula is C9H14O3. The third-order valence-corrected chi connectivity index (χ3v) is 2.33. The fourth-order valence-corrected chi connectivity index (χ4v) is 1.44. The molecule has 0 aliphatic carbocycles. The van der Waals surface area contributed by atoms with Crippen LogP contribution < -0.4 is 0 Å². The molecule has 3 heteroatoms. The van der Waals surface area contributed by atoms with Gasteiger partial charge in [-0.05, 0) is 6.08 Å². The summed E-state index contributed by atoms with van der Waals surface area (Å²) in [5.74, 6) is -0.0340. The average Bonchev–Trinajstić information content (AvgIpc) is 2.17. The van der Waals surface area contributed by atoms with Crippen LogP contribution >= 0.6 is 0 Å². The van der Waals surface area contributed by atoms with Gasteiger partial charge in [0.2, 0.25) is 0 Å². The van der Waals surface area contributed by atoms with Crippen molar-refractivity contribution in [2.75, 3.05) is 20.3 Å². The van der Waals surface area contributed by atoms with Crippen LogP contribution in [0.4, 0.5) is 0 Å². The van der Waals surface area contributed by atoms with Crippen molar-refractivity contribution >= 4 is 5.78 Å². The number of carbonyl (C=O) groups excluding carboxylic acids is 1. The van der Waals surface area contributed by atoms with Gasteiger partial charge < -0.3 is 9.47 Å². The normalized spacial score (nSPS) is 21.8. The van der Waals surface area contributed by atoms with Crippen LogP contribution in [0.3, 0.4) is 0 Å². The fourth-order valence-electron chi connectivity index (χ4n) is 1.44. The highest BCUT2D eigenvalue weighted by Crippen LogP contribution is 2.25. The third kappa shape index (κ3) is 1.57. The van der Waals surface area contributed by atoms with Gasteiger partial charge in [-0.2, -0.15) is 0 Å². The van der Waals surface area contributed by atoms with E-state index in [0.29, 0.717) is 26.1 Å². The molecule has 68 valence electrons. The quantitative estimate of drug-likeness (QED) is 0.591.